The Morgan fingerprint density at radius 1 is 1.26 bits per heavy atom. The van der Waals surface area contributed by atoms with Crippen molar-refractivity contribution in [2.24, 2.45) is 0 Å². The number of amides is 1. The van der Waals surface area contributed by atoms with E-state index in [1.54, 1.807) is 10.9 Å². The van der Waals surface area contributed by atoms with E-state index in [1.807, 2.05) is 30.3 Å². The molecule has 1 fully saturated rings. The zero-order valence-corrected chi connectivity index (χ0v) is 13.1. The van der Waals surface area contributed by atoms with Crippen LogP contribution in [0.1, 0.15) is 36.2 Å². The Kier molecular flexibility index (Phi) is 4.62. The van der Waals surface area contributed by atoms with Crippen molar-refractivity contribution in [3.63, 3.8) is 0 Å². The van der Waals surface area contributed by atoms with Crippen LogP contribution < -0.4 is 10.1 Å². The molecule has 1 amide bonds. The highest BCUT2D eigenvalue weighted by molar-refractivity contribution is 5.95. The van der Waals surface area contributed by atoms with Crippen molar-refractivity contribution < 1.29 is 14.6 Å². The van der Waals surface area contributed by atoms with E-state index >= 15 is 0 Å². The number of carbonyl (C=O) groups excluding carboxylic acids is 1. The fourth-order valence-electron chi connectivity index (χ4n) is 2.85. The van der Waals surface area contributed by atoms with Crippen LogP contribution in [0.15, 0.2) is 36.5 Å². The maximum absolute atomic E-state index is 12.5. The van der Waals surface area contributed by atoms with Crippen molar-refractivity contribution in [3.05, 3.63) is 42.2 Å². The molecule has 1 aliphatic carbocycles. The van der Waals surface area contributed by atoms with E-state index in [2.05, 4.69) is 10.4 Å². The Labute approximate surface area is 135 Å². The second-order valence-electron chi connectivity index (χ2n) is 5.81. The number of methoxy groups -OCH3 is 1. The minimum atomic E-state index is -0.241. The molecule has 0 radical (unpaired) electrons. The summed E-state index contributed by atoms with van der Waals surface area (Å²) >= 11 is 0. The van der Waals surface area contributed by atoms with Gasteiger partial charge >= 0.3 is 0 Å². The molecule has 1 aliphatic rings. The van der Waals surface area contributed by atoms with E-state index in [1.165, 1.54) is 7.11 Å². The van der Waals surface area contributed by atoms with Gasteiger partial charge in [-0.2, -0.15) is 5.10 Å². The molecule has 0 unspecified atom stereocenters. The summed E-state index contributed by atoms with van der Waals surface area (Å²) in [5.41, 5.74) is 1.15. The quantitative estimate of drug-likeness (QED) is 0.903. The monoisotopic (exact) mass is 315 g/mol. The molecule has 6 heteroatoms. The maximum atomic E-state index is 12.5. The molecule has 0 bridgehead atoms. The molecule has 2 N–H and O–H groups in total. The van der Waals surface area contributed by atoms with E-state index in [-0.39, 0.29) is 23.7 Å². The Hall–Kier alpha value is -2.34. The molecule has 0 spiro atoms. The van der Waals surface area contributed by atoms with Gasteiger partial charge in [0.05, 0.1) is 25.1 Å². The maximum Gasteiger partial charge on any atom is 0.275 e. The number of ether oxygens (including phenoxy) is 1. The minimum absolute atomic E-state index is 0.0810. The summed E-state index contributed by atoms with van der Waals surface area (Å²) in [5, 5.41) is 16.9. The predicted octanol–water partition coefficient (Wildman–Crippen LogP) is 1.91. The summed E-state index contributed by atoms with van der Waals surface area (Å²) in [5.74, 6) is 0.208. The van der Waals surface area contributed by atoms with Crippen LogP contribution in [0.25, 0.3) is 5.69 Å². The van der Waals surface area contributed by atoms with Crippen LogP contribution in [0, 0.1) is 0 Å². The van der Waals surface area contributed by atoms with Gasteiger partial charge in [0.15, 0.2) is 11.4 Å². The van der Waals surface area contributed by atoms with Gasteiger partial charge < -0.3 is 15.2 Å². The third kappa shape index (κ3) is 3.53. The van der Waals surface area contributed by atoms with Gasteiger partial charge in [0.2, 0.25) is 0 Å². The standard InChI is InChI=1S/C17H21N3O3/c1-23-15-11-20(13-5-3-2-4-6-13)19-16(15)17(22)18-12-7-9-14(21)10-8-12/h2-6,11-12,14,21H,7-10H2,1H3,(H,18,22). The number of aliphatic hydroxyl groups is 1. The summed E-state index contributed by atoms with van der Waals surface area (Å²) in [6.45, 7) is 0. The number of para-hydroxylation sites is 1. The topological polar surface area (TPSA) is 76.4 Å². The SMILES string of the molecule is COc1cn(-c2ccccc2)nc1C(=O)NC1CCC(O)CC1. The van der Waals surface area contributed by atoms with E-state index < -0.39 is 0 Å². The fourth-order valence-corrected chi connectivity index (χ4v) is 2.85. The zero-order valence-electron chi connectivity index (χ0n) is 13.1. The van der Waals surface area contributed by atoms with Gasteiger partial charge in [0.1, 0.15) is 0 Å². The zero-order chi connectivity index (χ0) is 16.2. The average Bonchev–Trinajstić information content (AvgIpc) is 3.02. The number of aliphatic hydroxyl groups excluding tert-OH is 1. The van der Waals surface area contributed by atoms with Gasteiger partial charge in [-0.3, -0.25) is 4.79 Å². The summed E-state index contributed by atoms with van der Waals surface area (Å²) in [7, 11) is 1.53. The van der Waals surface area contributed by atoms with Crippen molar-refractivity contribution >= 4 is 5.91 Å². The molecule has 6 nitrogen and oxygen atoms in total. The van der Waals surface area contributed by atoms with Crippen molar-refractivity contribution in [2.75, 3.05) is 7.11 Å². The molecule has 0 saturated heterocycles. The minimum Gasteiger partial charge on any atom is -0.493 e. The Morgan fingerprint density at radius 3 is 2.61 bits per heavy atom. The van der Waals surface area contributed by atoms with E-state index in [9.17, 15) is 9.90 Å². The predicted molar refractivity (Wildman–Crippen MR) is 85.8 cm³/mol. The molecular formula is C17H21N3O3. The molecule has 122 valence electrons. The molecule has 1 heterocycles. The molecular weight excluding hydrogens is 294 g/mol. The van der Waals surface area contributed by atoms with Crippen LogP contribution in [0.5, 0.6) is 5.75 Å². The van der Waals surface area contributed by atoms with E-state index in [0.29, 0.717) is 5.75 Å². The lowest BCUT2D eigenvalue weighted by Crippen LogP contribution is -2.38. The largest absolute Gasteiger partial charge is 0.493 e. The molecule has 3 rings (SSSR count). The van der Waals surface area contributed by atoms with E-state index in [4.69, 9.17) is 4.74 Å². The van der Waals surface area contributed by atoms with Crippen molar-refractivity contribution in [1.29, 1.82) is 0 Å². The van der Waals surface area contributed by atoms with Gasteiger partial charge in [-0.05, 0) is 37.8 Å². The van der Waals surface area contributed by atoms with Gasteiger partial charge in [0, 0.05) is 6.04 Å². The molecule has 23 heavy (non-hydrogen) atoms. The molecule has 0 atom stereocenters. The van der Waals surface area contributed by atoms with Crippen LogP contribution in [0.2, 0.25) is 0 Å². The number of nitrogens with zero attached hydrogens (tertiary/aromatic N) is 2. The first-order valence-electron chi connectivity index (χ1n) is 7.85. The third-order valence-corrected chi connectivity index (χ3v) is 4.17. The fraction of sp³-hybridized carbons (Fsp3) is 0.412. The smallest absolute Gasteiger partial charge is 0.275 e. The van der Waals surface area contributed by atoms with Crippen LogP contribution in [-0.4, -0.2) is 40.0 Å². The lowest BCUT2D eigenvalue weighted by atomic mass is 9.93. The molecule has 1 saturated carbocycles. The first-order valence-corrected chi connectivity index (χ1v) is 7.85. The molecule has 2 aromatic rings. The molecule has 0 aliphatic heterocycles. The number of hydrogen-bond donors (Lipinski definition) is 2. The summed E-state index contributed by atoms with van der Waals surface area (Å²) in [6.07, 6.45) is 4.48. The summed E-state index contributed by atoms with van der Waals surface area (Å²) in [4.78, 5) is 12.5. The average molecular weight is 315 g/mol. The number of aromatic nitrogens is 2. The lowest BCUT2D eigenvalue weighted by Gasteiger charge is -2.25. The second kappa shape index (κ2) is 6.83. The summed E-state index contributed by atoms with van der Waals surface area (Å²) < 4.78 is 6.93. The second-order valence-corrected chi connectivity index (χ2v) is 5.81. The lowest BCUT2D eigenvalue weighted by molar-refractivity contribution is 0.0860. The highest BCUT2D eigenvalue weighted by Crippen LogP contribution is 2.22. The number of hydrogen-bond acceptors (Lipinski definition) is 4. The van der Waals surface area contributed by atoms with Crippen LogP contribution in [0.3, 0.4) is 0 Å². The number of benzene rings is 1. The Balaban J connectivity index is 1.76. The van der Waals surface area contributed by atoms with Crippen molar-refractivity contribution in [3.8, 4) is 11.4 Å². The number of nitrogens with one attached hydrogen (secondary N) is 1. The highest BCUT2D eigenvalue weighted by Gasteiger charge is 2.24. The summed E-state index contributed by atoms with van der Waals surface area (Å²) in [6, 6.07) is 9.66. The van der Waals surface area contributed by atoms with Crippen LogP contribution in [-0.2, 0) is 0 Å². The van der Waals surface area contributed by atoms with Gasteiger partial charge in [0.25, 0.3) is 5.91 Å². The third-order valence-electron chi connectivity index (χ3n) is 4.17. The normalized spacial score (nSPS) is 21.0. The highest BCUT2D eigenvalue weighted by atomic mass is 16.5. The van der Waals surface area contributed by atoms with Gasteiger partial charge in [-0.25, -0.2) is 4.68 Å². The Morgan fingerprint density at radius 2 is 1.96 bits per heavy atom. The van der Waals surface area contributed by atoms with Crippen LogP contribution >= 0.6 is 0 Å². The van der Waals surface area contributed by atoms with Crippen molar-refractivity contribution in [1.82, 2.24) is 15.1 Å². The number of carbonyl (C=O) groups is 1. The Bertz CT molecular complexity index is 661. The first-order chi connectivity index (χ1) is 11.2. The van der Waals surface area contributed by atoms with E-state index in [0.717, 1.165) is 31.4 Å². The molecule has 1 aromatic carbocycles. The van der Waals surface area contributed by atoms with Crippen LogP contribution in [0.4, 0.5) is 0 Å². The van der Waals surface area contributed by atoms with Crippen molar-refractivity contribution in [2.45, 2.75) is 37.8 Å². The van der Waals surface area contributed by atoms with Gasteiger partial charge in [-0.1, -0.05) is 18.2 Å². The number of rotatable bonds is 4. The van der Waals surface area contributed by atoms with Gasteiger partial charge in [-0.15, -0.1) is 0 Å². The first kappa shape index (κ1) is 15.6. The molecule has 1 aromatic heterocycles.